The largest absolute Gasteiger partial charge is 0.507 e. The van der Waals surface area contributed by atoms with Crippen LogP contribution < -0.4 is 24.5 Å². The van der Waals surface area contributed by atoms with Gasteiger partial charge in [-0.3, -0.25) is 4.79 Å². The number of phenolic OH excluding ortho intramolecular Hbond substituents is 1. The van der Waals surface area contributed by atoms with Gasteiger partial charge in [0.2, 0.25) is 6.79 Å². The van der Waals surface area contributed by atoms with Gasteiger partial charge in [-0.25, -0.2) is 5.43 Å². The van der Waals surface area contributed by atoms with Crippen molar-refractivity contribution < 1.29 is 24.1 Å². The highest BCUT2D eigenvalue weighted by Gasteiger charge is 2.14. The van der Waals surface area contributed by atoms with Gasteiger partial charge in [0.1, 0.15) is 11.5 Å². The van der Waals surface area contributed by atoms with Crippen LogP contribution in [0.1, 0.15) is 19.4 Å². The number of nitrogens with one attached hydrogen (secondary N) is 1. The van der Waals surface area contributed by atoms with Gasteiger partial charge in [-0.05, 0) is 38.1 Å². The van der Waals surface area contributed by atoms with Crippen molar-refractivity contribution in [2.75, 3.05) is 31.4 Å². The van der Waals surface area contributed by atoms with E-state index in [0.717, 1.165) is 18.8 Å². The van der Waals surface area contributed by atoms with Crippen molar-refractivity contribution in [2.45, 2.75) is 13.8 Å². The maximum absolute atomic E-state index is 11.9. The molecule has 0 spiro atoms. The number of anilines is 1. The van der Waals surface area contributed by atoms with Crippen LogP contribution in [0.3, 0.4) is 0 Å². The van der Waals surface area contributed by atoms with Crippen molar-refractivity contribution in [3.63, 3.8) is 0 Å². The highest BCUT2D eigenvalue weighted by Crippen LogP contribution is 2.35. The van der Waals surface area contributed by atoms with E-state index in [-0.39, 0.29) is 19.1 Å². The Morgan fingerprint density at radius 1 is 1.21 bits per heavy atom. The fourth-order valence-electron chi connectivity index (χ4n) is 2.75. The van der Waals surface area contributed by atoms with Crippen LogP contribution in [-0.4, -0.2) is 43.7 Å². The zero-order valence-corrected chi connectivity index (χ0v) is 15.8. The molecule has 8 heteroatoms. The quantitative estimate of drug-likeness (QED) is 0.536. The van der Waals surface area contributed by atoms with Crippen LogP contribution in [-0.2, 0) is 4.79 Å². The molecule has 1 heterocycles. The van der Waals surface area contributed by atoms with Crippen LogP contribution >= 0.6 is 0 Å². The van der Waals surface area contributed by atoms with Crippen LogP contribution in [0.4, 0.5) is 5.69 Å². The zero-order valence-electron chi connectivity index (χ0n) is 15.8. The van der Waals surface area contributed by atoms with E-state index < -0.39 is 5.91 Å². The van der Waals surface area contributed by atoms with Gasteiger partial charge in [0, 0.05) is 36.5 Å². The number of aromatic hydroxyl groups is 1. The second-order valence-electron chi connectivity index (χ2n) is 6.01. The molecule has 2 N–H and O–H groups in total. The van der Waals surface area contributed by atoms with Crippen molar-refractivity contribution in [3.8, 4) is 23.0 Å². The van der Waals surface area contributed by atoms with Crippen molar-refractivity contribution in [3.05, 3.63) is 42.0 Å². The first kappa shape index (κ1) is 19.3. The predicted octanol–water partition coefficient (Wildman–Crippen LogP) is 2.50. The Labute approximate surface area is 163 Å². The van der Waals surface area contributed by atoms with E-state index in [1.165, 1.54) is 6.21 Å². The Bertz CT molecular complexity index is 865. The molecule has 1 aliphatic heterocycles. The Kier molecular flexibility index (Phi) is 6.21. The van der Waals surface area contributed by atoms with E-state index in [9.17, 15) is 9.90 Å². The van der Waals surface area contributed by atoms with Crippen LogP contribution in [0.25, 0.3) is 0 Å². The number of carbonyl (C=O) groups is 1. The average molecular weight is 385 g/mol. The first-order chi connectivity index (χ1) is 13.6. The molecule has 0 bridgehead atoms. The highest BCUT2D eigenvalue weighted by atomic mass is 16.7. The number of hydrazone groups is 1. The maximum atomic E-state index is 11.9. The zero-order chi connectivity index (χ0) is 19.9. The number of fused-ring (bicyclic) bond motifs is 1. The Morgan fingerprint density at radius 2 is 2.00 bits per heavy atom. The lowest BCUT2D eigenvalue weighted by Gasteiger charge is -2.21. The molecule has 0 saturated heterocycles. The van der Waals surface area contributed by atoms with Gasteiger partial charge < -0.3 is 24.2 Å². The van der Waals surface area contributed by atoms with Gasteiger partial charge in [0.15, 0.2) is 18.1 Å². The van der Waals surface area contributed by atoms with E-state index in [0.29, 0.717) is 22.8 Å². The summed E-state index contributed by atoms with van der Waals surface area (Å²) >= 11 is 0. The summed E-state index contributed by atoms with van der Waals surface area (Å²) in [6.07, 6.45) is 1.39. The second-order valence-corrected chi connectivity index (χ2v) is 6.01. The molecule has 0 saturated carbocycles. The van der Waals surface area contributed by atoms with E-state index in [1.807, 2.05) is 6.07 Å². The normalized spacial score (nSPS) is 12.2. The summed E-state index contributed by atoms with van der Waals surface area (Å²) in [4.78, 5) is 14.0. The summed E-state index contributed by atoms with van der Waals surface area (Å²) < 4.78 is 15.9. The summed E-state index contributed by atoms with van der Waals surface area (Å²) in [6, 6.07) is 10.4. The molecule has 1 aliphatic rings. The van der Waals surface area contributed by atoms with Crippen molar-refractivity contribution >= 4 is 17.8 Å². The number of nitrogens with zero attached hydrogens (tertiary/aromatic N) is 2. The van der Waals surface area contributed by atoms with Gasteiger partial charge >= 0.3 is 0 Å². The van der Waals surface area contributed by atoms with Gasteiger partial charge in [-0.1, -0.05) is 0 Å². The lowest BCUT2D eigenvalue weighted by molar-refractivity contribution is -0.123. The molecular weight excluding hydrogens is 362 g/mol. The van der Waals surface area contributed by atoms with E-state index in [2.05, 4.69) is 29.3 Å². The van der Waals surface area contributed by atoms with Gasteiger partial charge in [0.05, 0.1) is 6.21 Å². The molecule has 8 nitrogen and oxygen atoms in total. The molecule has 3 rings (SSSR count). The molecule has 0 unspecified atom stereocenters. The number of hydrogen-bond acceptors (Lipinski definition) is 7. The monoisotopic (exact) mass is 385 g/mol. The minimum atomic E-state index is -0.423. The molecule has 28 heavy (non-hydrogen) atoms. The van der Waals surface area contributed by atoms with Crippen LogP contribution in [0.15, 0.2) is 41.5 Å². The number of ether oxygens (including phenoxy) is 3. The number of phenols is 1. The Morgan fingerprint density at radius 3 is 2.75 bits per heavy atom. The molecule has 2 aromatic carbocycles. The number of carbonyl (C=O) groups excluding carboxylic acids is 1. The minimum absolute atomic E-state index is 0.0963. The second kappa shape index (κ2) is 8.98. The number of rotatable bonds is 8. The summed E-state index contributed by atoms with van der Waals surface area (Å²) in [5.74, 6) is 1.40. The fraction of sp³-hybridized carbons (Fsp3) is 0.300. The van der Waals surface area contributed by atoms with E-state index in [4.69, 9.17) is 14.2 Å². The Hall–Kier alpha value is -3.42. The van der Waals surface area contributed by atoms with Crippen LogP contribution in [0.2, 0.25) is 0 Å². The number of hydrogen-bond donors (Lipinski definition) is 2. The lowest BCUT2D eigenvalue weighted by Crippen LogP contribution is -2.24. The first-order valence-corrected chi connectivity index (χ1v) is 9.03. The molecule has 0 aromatic heterocycles. The predicted molar refractivity (Wildman–Crippen MR) is 105 cm³/mol. The SMILES string of the molecule is CCN(CC)c1ccc(C=NNC(=O)COc2ccc3c(c2)OCO3)c(O)c1. The molecule has 1 amide bonds. The minimum Gasteiger partial charge on any atom is -0.507 e. The smallest absolute Gasteiger partial charge is 0.277 e. The van der Waals surface area contributed by atoms with Gasteiger partial charge in [-0.15, -0.1) is 0 Å². The third-order valence-corrected chi connectivity index (χ3v) is 4.25. The standard InChI is InChI=1S/C20H23N3O5/c1-3-23(4-2)15-6-5-14(17(24)9-15)11-21-22-20(25)12-26-16-7-8-18-19(10-16)28-13-27-18/h5-11,24H,3-4,12-13H2,1-2H3,(H,22,25). The summed E-state index contributed by atoms with van der Waals surface area (Å²) in [5.41, 5.74) is 3.81. The molecule has 148 valence electrons. The molecule has 0 aliphatic carbocycles. The molecular formula is C20H23N3O5. The van der Waals surface area contributed by atoms with Crippen LogP contribution in [0.5, 0.6) is 23.0 Å². The topological polar surface area (TPSA) is 92.6 Å². The fourth-order valence-corrected chi connectivity index (χ4v) is 2.75. The summed E-state index contributed by atoms with van der Waals surface area (Å²) in [6.45, 7) is 5.78. The van der Waals surface area contributed by atoms with Crippen molar-refractivity contribution in [2.24, 2.45) is 5.10 Å². The summed E-state index contributed by atoms with van der Waals surface area (Å²) in [7, 11) is 0. The van der Waals surface area contributed by atoms with E-state index >= 15 is 0 Å². The maximum Gasteiger partial charge on any atom is 0.277 e. The van der Waals surface area contributed by atoms with Crippen molar-refractivity contribution in [1.29, 1.82) is 0 Å². The van der Waals surface area contributed by atoms with Crippen molar-refractivity contribution in [1.82, 2.24) is 5.43 Å². The molecule has 0 radical (unpaired) electrons. The van der Waals surface area contributed by atoms with Gasteiger partial charge in [0.25, 0.3) is 5.91 Å². The third kappa shape index (κ3) is 4.64. The first-order valence-electron chi connectivity index (χ1n) is 9.03. The highest BCUT2D eigenvalue weighted by molar-refractivity contribution is 5.86. The lowest BCUT2D eigenvalue weighted by atomic mass is 10.2. The number of amides is 1. The van der Waals surface area contributed by atoms with E-state index in [1.54, 1.807) is 30.3 Å². The van der Waals surface area contributed by atoms with Crippen LogP contribution in [0, 0.1) is 0 Å². The van der Waals surface area contributed by atoms with Gasteiger partial charge in [-0.2, -0.15) is 5.10 Å². The summed E-state index contributed by atoms with van der Waals surface area (Å²) in [5, 5.41) is 14.0. The number of benzene rings is 2. The average Bonchev–Trinajstić information content (AvgIpc) is 3.17. The molecule has 0 atom stereocenters. The third-order valence-electron chi connectivity index (χ3n) is 4.25. The molecule has 0 fully saturated rings. The molecule has 2 aromatic rings. The Balaban J connectivity index is 1.50.